The van der Waals surface area contributed by atoms with Crippen molar-refractivity contribution in [1.29, 1.82) is 0 Å². The Morgan fingerprint density at radius 1 is 0.862 bits per heavy atom. The number of carbonyl (C=O) groups excluding carboxylic acids is 1. The standard InChI is InChI=1S/C20H16F3N3O3/c21-20(22,23)15-8-4-5-9-16(15)24-17(27)13-26-11-10-25(18(28)19(26)29)12-14-6-2-1-3-7-14/h1-11H,12-13H2,(H,24,27). The van der Waals surface area contributed by atoms with Crippen LogP contribution in [0.5, 0.6) is 0 Å². The largest absolute Gasteiger partial charge is 0.418 e. The van der Waals surface area contributed by atoms with Crippen LogP contribution in [0, 0.1) is 0 Å². The van der Waals surface area contributed by atoms with E-state index < -0.39 is 41.0 Å². The van der Waals surface area contributed by atoms with Gasteiger partial charge in [-0.2, -0.15) is 13.2 Å². The number of rotatable bonds is 5. The number of hydrogen-bond acceptors (Lipinski definition) is 3. The van der Waals surface area contributed by atoms with Gasteiger partial charge in [0.15, 0.2) is 0 Å². The summed E-state index contributed by atoms with van der Waals surface area (Å²) in [6.45, 7) is -0.409. The van der Waals surface area contributed by atoms with Gasteiger partial charge in [-0.15, -0.1) is 0 Å². The number of anilines is 1. The number of carbonyl (C=O) groups is 1. The van der Waals surface area contributed by atoms with Crippen molar-refractivity contribution in [2.75, 3.05) is 5.32 Å². The molecule has 6 nitrogen and oxygen atoms in total. The van der Waals surface area contributed by atoms with Gasteiger partial charge >= 0.3 is 17.3 Å². The summed E-state index contributed by atoms with van der Waals surface area (Å²) in [6, 6.07) is 13.5. The van der Waals surface area contributed by atoms with Gasteiger partial charge in [0.2, 0.25) is 5.91 Å². The van der Waals surface area contributed by atoms with Crippen LogP contribution in [0.4, 0.5) is 18.9 Å². The molecule has 0 fully saturated rings. The van der Waals surface area contributed by atoms with Crippen LogP contribution in [0.2, 0.25) is 0 Å². The number of amides is 1. The average molecular weight is 403 g/mol. The fourth-order valence-electron chi connectivity index (χ4n) is 2.75. The number of aromatic nitrogens is 2. The lowest BCUT2D eigenvalue weighted by Crippen LogP contribution is -2.42. The Bertz CT molecular complexity index is 1140. The van der Waals surface area contributed by atoms with E-state index in [1.165, 1.54) is 29.1 Å². The molecule has 0 aliphatic rings. The molecule has 1 aromatic heterocycles. The molecule has 0 aliphatic heterocycles. The van der Waals surface area contributed by atoms with E-state index in [2.05, 4.69) is 5.32 Å². The van der Waals surface area contributed by atoms with Crippen LogP contribution in [0.15, 0.2) is 76.6 Å². The Labute approximate surface area is 162 Å². The molecule has 3 aromatic rings. The topological polar surface area (TPSA) is 73.1 Å². The summed E-state index contributed by atoms with van der Waals surface area (Å²) in [5.41, 5.74) is -2.38. The normalized spacial score (nSPS) is 11.3. The predicted octanol–water partition coefficient (Wildman–Crippen LogP) is 2.72. The van der Waals surface area contributed by atoms with E-state index in [-0.39, 0.29) is 6.54 Å². The van der Waals surface area contributed by atoms with Crippen LogP contribution in [0.3, 0.4) is 0 Å². The summed E-state index contributed by atoms with van der Waals surface area (Å²) in [6.07, 6.45) is -2.03. The summed E-state index contributed by atoms with van der Waals surface area (Å²) >= 11 is 0. The smallest absolute Gasteiger partial charge is 0.324 e. The highest BCUT2D eigenvalue weighted by atomic mass is 19.4. The maximum atomic E-state index is 13.0. The lowest BCUT2D eigenvalue weighted by atomic mass is 10.1. The molecule has 0 atom stereocenters. The van der Waals surface area contributed by atoms with Crippen LogP contribution in [-0.2, 0) is 24.1 Å². The fourth-order valence-corrected chi connectivity index (χ4v) is 2.75. The molecule has 9 heteroatoms. The SMILES string of the molecule is O=C(Cn1ccn(Cc2ccccc2)c(=O)c1=O)Nc1ccccc1C(F)(F)F. The lowest BCUT2D eigenvalue weighted by molar-refractivity contribution is -0.137. The van der Waals surface area contributed by atoms with Gasteiger partial charge in [-0.25, -0.2) is 0 Å². The highest BCUT2D eigenvalue weighted by Gasteiger charge is 2.33. The van der Waals surface area contributed by atoms with Crippen LogP contribution < -0.4 is 16.4 Å². The van der Waals surface area contributed by atoms with Crippen LogP contribution in [0.25, 0.3) is 0 Å². The zero-order valence-electron chi connectivity index (χ0n) is 15.0. The van der Waals surface area contributed by atoms with Gasteiger partial charge in [0.1, 0.15) is 6.54 Å². The van der Waals surface area contributed by atoms with Crippen molar-refractivity contribution in [3.8, 4) is 0 Å². The third-order valence-electron chi connectivity index (χ3n) is 4.15. The molecule has 1 amide bonds. The van der Waals surface area contributed by atoms with E-state index in [4.69, 9.17) is 0 Å². The van der Waals surface area contributed by atoms with Gasteiger partial charge in [-0.1, -0.05) is 42.5 Å². The van der Waals surface area contributed by atoms with Gasteiger partial charge in [0, 0.05) is 12.4 Å². The Morgan fingerprint density at radius 3 is 2.14 bits per heavy atom. The molecule has 150 valence electrons. The van der Waals surface area contributed by atoms with E-state index in [9.17, 15) is 27.6 Å². The maximum absolute atomic E-state index is 13.0. The molecule has 1 heterocycles. The van der Waals surface area contributed by atoms with Gasteiger partial charge < -0.3 is 9.88 Å². The monoisotopic (exact) mass is 403 g/mol. The van der Waals surface area contributed by atoms with E-state index in [0.29, 0.717) is 0 Å². The Kier molecular flexibility index (Phi) is 5.67. The van der Waals surface area contributed by atoms with E-state index in [1.54, 1.807) is 24.3 Å². The van der Waals surface area contributed by atoms with Crippen molar-refractivity contribution in [1.82, 2.24) is 9.13 Å². The number of benzene rings is 2. The Morgan fingerprint density at radius 2 is 1.45 bits per heavy atom. The Balaban J connectivity index is 1.78. The first-order valence-electron chi connectivity index (χ1n) is 8.55. The number of halogens is 3. The number of para-hydroxylation sites is 1. The van der Waals surface area contributed by atoms with Crippen molar-refractivity contribution >= 4 is 11.6 Å². The minimum atomic E-state index is -4.64. The zero-order valence-corrected chi connectivity index (χ0v) is 15.0. The summed E-state index contributed by atoms with van der Waals surface area (Å²) in [5, 5.41) is 2.14. The van der Waals surface area contributed by atoms with Crippen LogP contribution in [-0.4, -0.2) is 15.0 Å². The minimum absolute atomic E-state index is 0.181. The van der Waals surface area contributed by atoms with E-state index in [0.717, 1.165) is 22.3 Å². The first-order valence-corrected chi connectivity index (χ1v) is 8.55. The number of nitrogens with one attached hydrogen (secondary N) is 1. The number of alkyl halides is 3. The molecule has 0 radical (unpaired) electrons. The Hall–Kier alpha value is -3.62. The van der Waals surface area contributed by atoms with Crippen molar-refractivity contribution in [2.45, 2.75) is 19.3 Å². The molecule has 0 bridgehead atoms. The molecule has 0 saturated heterocycles. The summed E-state index contributed by atoms with van der Waals surface area (Å²) < 4.78 is 41.1. The molecule has 29 heavy (non-hydrogen) atoms. The number of nitrogens with zero attached hydrogens (tertiary/aromatic N) is 2. The molecule has 0 saturated carbocycles. The molecular weight excluding hydrogens is 387 g/mol. The summed E-state index contributed by atoms with van der Waals surface area (Å²) in [5.74, 6) is -0.857. The molecule has 0 aliphatic carbocycles. The van der Waals surface area contributed by atoms with Gasteiger partial charge in [0.25, 0.3) is 0 Å². The van der Waals surface area contributed by atoms with Crippen LogP contribution >= 0.6 is 0 Å². The molecule has 0 spiro atoms. The zero-order chi connectivity index (χ0) is 21.0. The molecule has 2 aromatic carbocycles. The lowest BCUT2D eigenvalue weighted by Gasteiger charge is -2.14. The predicted molar refractivity (Wildman–Crippen MR) is 101 cm³/mol. The fraction of sp³-hybridized carbons (Fsp3) is 0.150. The first kappa shape index (κ1) is 20.1. The molecule has 1 N–H and O–H groups in total. The molecular formula is C20H16F3N3O3. The minimum Gasteiger partial charge on any atom is -0.324 e. The highest BCUT2D eigenvalue weighted by molar-refractivity contribution is 5.91. The highest BCUT2D eigenvalue weighted by Crippen LogP contribution is 2.34. The number of hydrogen-bond donors (Lipinski definition) is 1. The summed E-state index contributed by atoms with van der Waals surface area (Å²) in [4.78, 5) is 36.7. The molecule has 3 rings (SSSR count). The third kappa shape index (κ3) is 4.81. The maximum Gasteiger partial charge on any atom is 0.418 e. The average Bonchev–Trinajstić information content (AvgIpc) is 2.68. The van der Waals surface area contributed by atoms with E-state index in [1.807, 2.05) is 6.07 Å². The quantitative estimate of drug-likeness (QED) is 0.666. The molecule has 0 unspecified atom stereocenters. The third-order valence-corrected chi connectivity index (χ3v) is 4.15. The van der Waals surface area contributed by atoms with Crippen molar-refractivity contribution in [2.24, 2.45) is 0 Å². The van der Waals surface area contributed by atoms with Crippen LogP contribution in [0.1, 0.15) is 11.1 Å². The second kappa shape index (κ2) is 8.17. The van der Waals surface area contributed by atoms with Gasteiger partial charge in [-0.3, -0.25) is 19.0 Å². The van der Waals surface area contributed by atoms with Crippen molar-refractivity contribution in [3.63, 3.8) is 0 Å². The second-order valence-electron chi connectivity index (χ2n) is 6.24. The first-order chi connectivity index (χ1) is 13.8. The van der Waals surface area contributed by atoms with E-state index >= 15 is 0 Å². The summed E-state index contributed by atoms with van der Waals surface area (Å²) in [7, 11) is 0. The van der Waals surface area contributed by atoms with Gasteiger partial charge in [0.05, 0.1) is 17.8 Å². The van der Waals surface area contributed by atoms with Crippen molar-refractivity contribution < 1.29 is 18.0 Å². The van der Waals surface area contributed by atoms with Gasteiger partial charge in [-0.05, 0) is 17.7 Å². The second-order valence-corrected chi connectivity index (χ2v) is 6.24. The van der Waals surface area contributed by atoms with Crippen molar-refractivity contribution in [3.05, 3.63) is 98.8 Å².